The van der Waals surface area contributed by atoms with E-state index in [4.69, 9.17) is 0 Å². The summed E-state index contributed by atoms with van der Waals surface area (Å²) in [5, 5.41) is 3.05. The van der Waals surface area contributed by atoms with Gasteiger partial charge in [0, 0.05) is 11.6 Å². The van der Waals surface area contributed by atoms with E-state index in [1.807, 2.05) is 18.2 Å². The Hall–Kier alpha value is -1.31. The Morgan fingerprint density at radius 1 is 1.44 bits per heavy atom. The van der Waals surface area contributed by atoms with Crippen LogP contribution in [0, 0.1) is 5.92 Å². The van der Waals surface area contributed by atoms with Crippen LogP contribution in [-0.4, -0.2) is 5.91 Å². The maximum atomic E-state index is 11.7. The standard InChI is InChI=1S/C14H19NO/c1-3-10(2)12-6-4-5-7-13(12)15-14(16)11-8-9-11/h4-7,10-11H,3,8-9H2,1-2H3,(H,15,16). The topological polar surface area (TPSA) is 29.1 Å². The molecule has 0 bridgehead atoms. The zero-order valence-electron chi connectivity index (χ0n) is 9.99. The quantitative estimate of drug-likeness (QED) is 0.821. The Labute approximate surface area is 97.1 Å². The minimum atomic E-state index is 0.191. The molecule has 0 aromatic heterocycles. The minimum Gasteiger partial charge on any atom is -0.326 e. The number of nitrogens with one attached hydrogen (secondary N) is 1. The molecule has 0 saturated heterocycles. The molecule has 2 rings (SSSR count). The lowest BCUT2D eigenvalue weighted by atomic mass is 9.97. The third-order valence-corrected chi connectivity index (χ3v) is 3.31. The van der Waals surface area contributed by atoms with Gasteiger partial charge in [-0.2, -0.15) is 0 Å². The first-order chi connectivity index (χ1) is 7.72. The lowest BCUT2D eigenvalue weighted by Gasteiger charge is -2.15. The second-order valence-corrected chi connectivity index (χ2v) is 4.66. The van der Waals surface area contributed by atoms with Crippen LogP contribution < -0.4 is 5.32 Å². The molecule has 1 aromatic rings. The van der Waals surface area contributed by atoms with Crippen molar-refractivity contribution in [2.45, 2.75) is 39.0 Å². The van der Waals surface area contributed by atoms with Crippen molar-refractivity contribution in [3.63, 3.8) is 0 Å². The normalized spacial score (nSPS) is 16.9. The van der Waals surface area contributed by atoms with Gasteiger partial charge in [0.05, 0.1) is 0 Å². The van der Waals surface area contributed by atoms with Gasteiger partial charge in [0.25, 0.3) is 0 Å². The molecule has 0 heterocycles. The molecule has 16 heavy (non-hydrogen) atoms. The number of hydrogen-bond donors (Lipinski definition) is 1. The molecule has 1 N–H and O–H groups in total. The summed E-state index contributed by atoms with van der Waals surface area (Å²) in [6, 6.07) is 8.13. The molecule has 1 saturated carbocycles. The summed E-state index contributed by atoms with van der Waals surface area (Å²) in [6.07, 6.45) is 3.20. The third kappa shape index (κ3) is 2.43. The van der Waals surface area contributed by atoms with Crippen molar-refractivity contribution in [1.82, 2.24) is 0 Å². The van der Waals surface area contributed by atoms with E-state index in [2.05, 4.69) is 25.2 Å². The molecule has 2 heteroatoms. The maximum Gasteiger partial charge on any atom is 0.227 e. The summed E-state index contributed by atoms with van der Waals surface area (Å²) < 4.78 is 0. The number of para-hydroxylation sites is 1. The zero-order chi connectivity index (χ0) is 11.5. The first-order valence-corrected chi connectivity index (χ1v) is 6.12. The van der Waals surface area contributed by atoms with Crippen molar-refractivity contribution in [2.24, 2.45) is 5.92 Å². The fourth-order valence-corrected chi connectivity index (χ4v) is 1.84. The summed E-state index contributed by atoms with van der Waals surface area (Å²) in [5.74, 6) is 0.955. The van der Waals surface area contributed by atoms with Crippen molar-refractivity contribution < 1.29 is 4.79 Å². The Balaban J connectivity index is 2.15. The van der Waals surface area contributed by atoms with E-state index in [1.54, 1.807) is 0 Å². The van der Waals surface area contributed by atoms with Crippen LogP contribution >= 0.6 is 0 Å². The first kappa shape index (κ1) is 11.2. The Bertz CT molecular complexity index is 382. The van der Waals surface area contributed by atoms with Crippen LogP contribution in [0.15, 0.2) is 24.3 Å². The molecule has 1 aliphatic carbocycles. The minimum absolute atomic E-state index is 0.191. The highest BCUT2D eigenvalue weighted by molar-refractivity contribution is 5.94. The summed E-state index contributed by atoms with van der Waals surface area (Å²) in [4.78, 5) is 11.7. The maximum absolute atomic E-state index is 11.7. The molecule has 0 radical (unpaired) electrons. The Kier molecular flexibility index (Phi) is 3.28. The van der Waals surface area contributed by atoms with Crippen molar-refractivity contribution in [3.05, 3.63) is 29.8 Å². The molecule has 1 aromatic carbocycles. The van der Waals surface area contributed by atoms with Gasteiger partial charge in [-0.05, 0) is 36.8 Å². The number of amides is 1. The highest BCUT2D eigenvalue weighted by Gasteiger charge is 2.29. The van der Waals surface area contributed by atoms with Crippen LogP contribution in [0.1, 0.15) is 44.6 Å². The van der Waals surface area contributed by atoms with Gasteiger partial charge in [0.2, 0.25) is 5.91 Å². The van der Waals surface area contributed by atoms with E-state index in [0.717, 1.165) is 24.9 Å². The van der Waals surface area contributed by atoms with Crippen molar-refractivity contribution in [2.75, 3.05) is 5.32 Å². The van der Waals surface area contributed by atoms with Gasteiger partial charge in [-0.3, -0.25) is 4.79 Å². The number of hydrogen-bond acceptors (Lipinski definition) is 1. The van der Waals surface area contributed by atoms with Crippen LogP contribution in [0.3, 0.4) is 0 Å². The predicted octanol–water partition coefficient (Wildman–Crippen LogP) is 3.55. The third-order valence-electron chi connectivity index (χ3n) is 3.31. The summed E-state index contributed by atoms with van der Waals surface area (Å²) in [7, 11) is 0. The van der Waals surface area contributed by atoms with Crippen LogP contribution in [0.4, 0.5) is 5.69 Å². The van der Waals surface area contributed by atoms with Crippen LogP contribution in [0.2, 0.25) is 0 Å². The molecule has 1 atom stereocenters. The molecule has 1 aliphatic rings. The number of anilines is 1. The van der Waals surface area contributed by atoms with Gasteiger partial charge in [-0.1, -0.05) is 32.0 Å². The second-order valence-electron chi connectivity index (χ2n) is 4.66. The van der Waals surface area contributed by atoms with Gasteiger partial charge in [-0.25, -0.2) is 0 Å². The van der Waals surface area contributed by atoms with Crippen molar-refractivity contribution in [1.29, 1.82) is 0 Å². The van der Waals surface area contributed by atoms with Gasteiger partial charge >= 0.3 is 0 Å². The zero-order valence-corrected chi connectivity index (χ0v) is 9.99. The molecule has 1 amide bonds. The molecular weight excluding hydrogens is 198 g/mol. The largest absolute Gasteiger partial charge is 0.326 e. The molecule has 0 spiro atoms. The lowest BCUT2D eigenvalue weighted by molar-refractivity contribution is -0.117. The predicted molar refractivity (Wildman–Crippen MR) is 66.5 cm³/mol. The van der Waals surface area contributed by atoms with Gasteiger partial charge < -0.3 is 5.32 Å². The second kappa shape index (κ2) is 4.69. The highest BCUT2D eigenvalue weighted by atomic mass is 16.2. The monoisotopic (exact) mass is 217 g/mol. The van der Waals surface area contributed by atoms with Crippen LogP contribution in [0.25, 0.3) is 0 Å². The number of benzene rings is 1. The van der Waals surface area contributed by atoms with E-state index in [0.29, 0.717) is 5.92 Å². The number of carbonyl (C=O) groups is 1. The smallest absolute Gasteiger partial charge is 0.227 e. The molecule has 1 unspecified atom stereocenters. The average molecular weight is 217 g/mol. The fraction of sp³-hybridized carbons (Fsp3) is 0.500. The molecular formula is C14H19NO. The highest BCUT2D eigenvalue weighted by Crippen LogP contribution is 2.32. The Morgan fingerprint density at radius 2 is 2.12 bits per heavy atom. The van der Waals surface area contributed by atoms with E-state index >= 15 is 0 Å². The molecule has 1 fully saturated rings. The fourth-order valence-electron chi connectivity index (χ4n) is 1.84. The molecule has 86 valence electrons. The van der Waals surface area contributed by atoms with E-state index in [9.17, 15) is 4.79 Å². The molecule has 0 aliphatic heterocycles. The van der Waals surface area contributed by atoms with Crippen molar-refractivity contribution >= 4 is 11.6 Å². The van der Waals surface area contributed by atoms with Gasteiger partial charge in [0.1, 0.15) is 0 Å². The van der Waals surface area contributed by atoms with Crippen LogP contribution in [0.5, 0.6) is 0 Å². The van der Waals surface area contributed by atoms with Gasteiger partial charge in [0.15, 0.2) is 0 Å². The SMILES string of the molecule is CCC(C)c1ccccc1NC(=O)C1CC1. The molecule has 2 nitrogen and oxygen atoms in total. The first-order valence-electron chi connectivity index (χ1n) is 6.12. The average Bonchev–Trinajstić information content (AvgIpc) is 3.12. The van der Waals surface area contributed by atoms with Gasteiger partial charge in [-0.15, -0.1) is 0 Å². The summed E-state index contributed by atoms with van der Waals surface area (Å²) >= 11 is 0. The summed E-state index contributed by atoms with van der Waals surface area (Å²) in [5.41, 5.74) is 2.24. The summed E-state index contributed by atoms with van der Waals surface area (Å²) in [6.45, 7) is 4.37. The number of rotatable bonds is 4. The van der Waals surface area contributed by atoms with Crippen LogP contribution in [-0.2, 0) is 4.79 Å². The van der Waals surface area contributed by atoms with Crippen molar-refractivity contribution in [3.8, 4) is 0 Å². The lowest BCUT2D eigenvalue weighted by Crippen LogP contribution is -2.15. The Morgan fingerprint density at radius 3 is 2.75 bits per heavy atom. The van der Waals surface area contributed by atoms with E-state index in [1.165, 1.54) is 5.56 Å². The number of carbonyl (C=O) groups excluding carboxylic acids is 1. The van der Waals surface area contributed by atoms with E-state index in [-0.39, 0.29) is 11.8 Å². The van der Waals surface area contributed by atoms with E-state index < -0.39 is 0 Å².